The highest BCUT2D eigenvalue weighted by molar-refractivity contribution is 6.01. The van der Waals surface area contributed by atoms with Crippen molar-refractivity contribution in [3.05, 3.63) is 23.8 Å². The van der Waals surface area contributed by atoms with Gasteiger partial charge in [0, 0.05) is 10.8 Å². The largest absolute Gasteiger partial charge is 0.388 e. The van der Waals surface area contributed by atoms with E-state index in [4.69, 9.17) is 0 Å². The number of hydrogen-bond acceptors (Lipinski definition) is 4. The minimum atomic E-state index is -1.43. The Morgan fingerprint density at radius 1 is 1.26 bits per heavy atom. The first-order valence-electron chi connectivity index (χ1n) is 10.3. The van der Waals surface area contributed by atoms with Gasteiger partial charge in [-0.1, -0.05) is 39.3 Å². The van der Waals surface area contributed by atoms with E-state index in [0.717, 1.165) is 25.7 Å². The summed E-state index contributed by atoms with van der Waals surface area (Å²) < 4.78 is 0. The third-order valence-corrected chi connectivity index (χ3v) is 9.12. The lowest BCUT2D eigenvalue weighted by molar-refractivity contribution is -0.185. The van der Waals surface area contributed by atoms with Crippen molar-refractivity contribution < 1.29 is 19.8 Å². The molecule has 4 rings (SSSR count). The molecule has 0 unspecified atom stereocenters. The van der Waals surface area contributed by atoms with Crippen molar-refractivity contribution in [2.75, 3.05) is 6.61 Å². The summed E-state index contributed by atoms with van der Waals surface area (Å²) in [5.74, 6) is 0.574. The summed E-state index contributed by atoms with van der Waals surface area (Å²) in [5, 5.41) is 20.9. The SMILES string of the molecule is C[C@H]1C[C@@]2(C)[C@@H](CC[C@]2(O)C(=O)CO)[C@]2(C)CCC3=CC(=O)C=C[C@]3(C)[C@@H]12. The highest BCUT2D eigenvalue weighted by atomic mass is 16.3. The van der Waals surface area contributed by atoms with E-state index >= 15 is 0 Å². The Morgan fingerprint density at radius 2 is 1.96 bits per heavy atom. The van der Waals surface area contributed by atoms with Gasteiger partial charge in [0.1, 0.15) is 12.2 Å². The molecule has 4 aliphatic carbocycles. The van der Waals surface area contributed by atoms with Crippen LogP contribution in [0.4, 0.5) is 0 Å². The van der Waals surface area contributed by atoms with Crippen LogP contribution in [0.25, 0.3) is 0 Å². The maximum atomic E-state index is 12.5. The van der Waals surface area contributed by atoms with Crippen LogP contribution in [0.1, 0.15) is 59.8 Å². The minimum Gasteiger partial charge on any atom is -0.388 e. The third kappa shape index (κ3) is 2.17. The fraction of sp³-hybridized carbons (Fsp3) is 0.739. The van der Waals surface area contributed by atoms with Gasteiger partial charge in [0.05, 0.1) is 0 Å². The maximum Gasteiger partial charge on any atom is 0.190 e. The fourth-order valence-corrected chi connectivity index (χ4v) is 8.25. The molecular formula is C23H32O4. The molecule has 0 aromatic rings. The minimum absolute atomic E-state index is 0.0105. The second-order valence-corrected chi connectivity index (χ2v) is 10.3. The zero-order valence-corrected chi connectivity index (χ0v) is 16.9. The van der Waals surface area contributed by atoms with Gasteiger partial charge < -0.3 is 10.2 Å². The molecule has 0 aliphatic heterocycles. The highest BCUT2D eigenvalue weighted by Crippen LogP contribution is 2.73. The monoisotopic (exact) mass is 372 g/mol. The van der Waals surface area contributed by atoms with Crippen molar-refractivity contribution in [1.82, 2.24) is 0 Å². The van der Waals surface area contributed by atoms with Gasteiger partial charge in [0.15, 0.2) is 11.6 Å². The van der Waals surface area contributed by atoms with Gasteiger partial charge in [0.25, 0.3) is 0 Å². The summed E-state index contributed by atoms with van der Waals surface area (Å²) in [6.45, 7) is 8.33. The fourth-order valence-electron chi connectivity index (χ4n) is 8.25. The summed E-state index contributed by atoms with van der Waals surface area (Å²) in [6.07, 6.45) is 9.57. The van der Waals surface area contributed by atoms with Crippen LogP contribution in [0, 0.1) is 34.0 Å². The van der Waals surface area contributed by atoms with Crippen LogP contribution in [0.15, 0.2) is 23.8 Å². The Balaban J connectivity index is 1.81. The smallest absolute Gasteiger partial charge is 0.190 e. The van der Waals surface area contributed by atoms with Crippen LogP contribution in [-0.4, -0.2) is 34.0 Å². The summed E-state index contributed by atoms with van der Waals surface area (Å²) in [7, 11) is 0. The standard InChI is InChI=1S/C23H32O4/c1-14-12-22(4)17(7-10-23(22,27)18(26)13-24)21(3)8-5-15-11-16(25)6-9-20(15,2)19(14)21/h6,9,11,14,17,19,24,27H,5,7-8,10,12-13H2,1-4H3/t14-,17-,19+,20-,21-,22-,23-/m0/s1. The molecule has 0 saturated heterocycles. The molecule has 3 saturated carbocycles. The van der Waals surface area contributed by atoms with Gasteiger partial charge in [-0.2, -0.15) is 0 Å². The Bertz CT molecular complexity index is 766. The number of hydrogen-bond donors (Lipinski definition) is 2. The van der Waals surface area contributed by atoms with Gasteiger partial charge in [-0.25, -0.2) is 0 Å². The predicted octanol–water partition coefficient (Wildman–Crippen LogP) is 3.22. The zero-order chi connectivity index (χ0) is 19.8. The molecule has 0 bridgehead atoms. The lowest BCUT2D eigenvalue weighted by atomic mass is 9.39. The summed E-state index contributed by atoms with van der Waals surface area (Å²) in [4.78, 5) is 24.5. The number of Topliss-reactive ketones (excluding diaryl/α,β-unsaturated/α-hetero) is 1. The van der Waals surface area contributed by atoms with Gasteiger partial charge in [-0.15, -0.1) is 0 Å². The average Bonchev–Trinajstić information content (AvgIpc) is 2.87. The molecular weight excluding hydrogens is 340 g/mol. The van der Waals surface area contributed by atoms with E-state index < -0.39 is 23.4 Å². The molecule has 148 valence electrons. The second-order valence-electron chi connectivity index (χ2n) is 10.3. The number of allylic oxidation sites excluding steroid dienone is 4. The number of aliphatic hydroxyl groups is 2. The quantitative estimate of drug-likeness (QED) is 0.780. The molecule has 27 heavy (non-hydrogen) atoms. The summed E-state index contributed by atoms with van der Waals surface area (Å²) >= 11 is 0. The van der Waals surface area contributed by atoms with Crippen molar-refractivity contribution >= 4 is 11.6 Å². The maximum absolute atomic E-state index is 12.5. The number of aliphatic hydroxyl groups excluding tert-OH is 1. The molecule has 3 fully saturated rings. The first kappa shape index (κ1) is 19.1. The van der Waals surface area contributed by atoms with E-state index in [1.54, 1.807) is 6.08 Å². The molecule has 0 amide bonds. The van der Waals surface area contributed by atoms with Gasteiger partial charge in [-0.05, 0) is 67.4 Å². The van der Waals surface area contributed by atoms with E-state index in [1.807, 2.05) is 6.08 Å². The highest BCUT2D eigenvalue weighted by Gasteiger charge is 2.70. The van der Waals surface area contributed by atoms with E-state index in [9.17, 15) is 19.8 Å². The van der Waals surface area contributed by atoms with Gasteiger partial charge >= 0.3 is 0 Å². The molecule has 4 aliphatic rings. The lowest BCUT2D eigenvalue weighted by Gasteiger charge is -2.65. The normalized spacial score (nSPS) is 51.3. The van der Waals surface area contributed by atoms with E-state index in [1.165, 1.54) is 5.57 Å². The average molecular weight is 373 g/mol. The first-order valence-corrected chi connectivity index (χ1v) is 10.3. The lowest BCUT2D eigenvalue weighted by Crippen LogP contribution is -2.63. The zero-order valence-electron chi connectivity index (χ0n) is 16.9. The summed E-state index contributed by atoms with van der Waals surface area (Å²) in [6, 6.07) is 0. The molecule has 2 N–H and O–H groups in total. The molecule has 0 aromatic heterocycles. The molecule has 4 heteroatoms. The number of carbonyl (C=O) groups is 2. The van der Waals surface area contributed by atoms with Crippen molar-refractivity contribution in [2.45, 2.75) is 65.4 Å². The number of carbonyl (C=O) groups excluding carboxylic acids is 2. The van der Waals surface area contributed by atoms with Gasteiger partial charge in [-0.3, -0.25) is 9.59 Å². The van der Waals surface area contributed by atoms with E-state index in [-0.39, 0.29) is 22.5 Å². The molecule has 7 atom stereocenters. The number of fused-ring (bicyclic) bond motifs is 5. The van der Waals surface area contributed by atoms with Crippen molar-refractivity contribution in [1.29, 1.82) is 0 Å². The molecule has 0 spiro atoms. The van der Waals surface area contributed by atoms with Crippen molar-refractivity contribution in [3.8, 4) is 0 Å². The van der Waals surface area contributed by atoms with Crippen LogP contribution in [0.3, 0.4) is 0 Å². The second kappa shape index (κ2) is 5.64. The summed E-state index contributed by atoms with van der Waals surface area (Å²) in [5.41, 5.74) is -0.840. The van der Waals surface area contributed by atoms with Crippen LogP contribution >= 0.6 is 0 Å². The Hall–Kier alpha value is -1.26. The topological polar surface area (TPSA) is 74.6 Å². The Labute approximate surface area is 161 Å². The molecule has 0 aromatic carbocycles. The predicted molar refractivity (Wildman–Crippen MR) is 103 cm³/mol. The van der Waals surface area contributed by atoms with E-state index in [0.29, 0.717) is 18.3 Å². The van der Waals surface area contributed by atoms with Crippen molar-refractivity contribution in [2.24, 2.45) is 34.0 Å². The first-order chi connectivity index (χ1) is 12.5. The van der Waals surface area contributed by atoms with Crippen LogP contribution in [0.5, 0.6) is 0 Å². The Kier molecular flexibility index (Phi) is 3.98. The number of ketones is 2. The van der Waals surface area contributed by atoms with Crippen molar-refractivity contribution in [3.63, 3.8) is 0 Å². The van der Waals surface area contributed by atoms with Crippen LogP contribution in [0.2, 0.25) is 0 Å². The van der Waals surface area contributed by atoms with Gasteiger partial charge in [0.2, 0.25) is 0 Å². The number of rotatable bonds is 2. The Morgan fingerprint density at radius 3 is 2.63 bits per heavy atom. The van der Waals surface area contributed by atoms with Crippen LogP contribution < -0.4 is 0 Å². The van der Waals surface area contributed by atoms with E-state index in [2.05, 4.69) is 33.8 Å². The van der Waals surface area contributed by atoms with Crippen LogP contribution in [-0.2, 0) is 9.59 Å². The molecule has 0 radical (unpaired) electrons. The molecule has 0 heterocycles. The third-order valence-electron chi connectivity index (χ3n) is 9.12. The molecule has 4 nitrogen and oxygen atoms in total.